The lowest BCUT2D eigenvalue weighted by atomic mass is 10.1. The fourth-order valence-corrected chi connectivity index (χ4v) is 3.62. The number of halogens is 1. The molecule has 1 aromatic carbocycles. The Morgan fingerprint density at radius 3 is 2.48 bits per heavy atom. The fourth-order valence-electron chi connectivity index (χ4n) is 1.74. The maximum absolute atomic E-state index is 12.3. The molecule has 0 bridgehead atoms. The number of methoxy groups -OCH3 is 1. The van der Waals surface area contributed by atoms with Crippen molar-refractivity contribution in [2.75, 3.05) is 7.11 Å². The Labute approximate surface area is 132 Å². The van der Waals surface area contributed by atoms with Gasteiger partial charge in [0.25, 0.3) is 0 Å². The third kappa shape index (κ3) is 5.29. The normalized spacial score (nSPS) is 13.2. The zero-order valence-electron chi connectivity index (χ0n) is 12.0. The minimum absolute atomic E-state index is 0.0471. The summed E-state index contributed by atoms with van der Waals surface area (Å²) in [5, 5.41) is 9.13. The maximum Gasteiger partial charge on any atom is 0.321 e. The number of carboxylic acid groups (broad SMARTS) is 1. The first-order valence-electron chi connectivity index (χ1n) is 6.25. The van der Waals surface area contributed by atoms with Gasteiger partial charge in [0, 0.05) is 10.5 Å². The average molecular weight is 380 g/mol. The van der Waals surface area contributed by atoms with Crippen LogP contribution >= 0.6 is 15.9 Å². The van der Waals surface area contributed by atoms with Gasteiger partial charge in [-0.2, -0.15) is 4.72 Å². The Bertz CT molecular complexity index is 615. The Balaban J connectivity index is 3.10. The third-order valence-corrected chi connectivity index (χ3v) is 4.60. The third-order valence-electron chi connectivity index (χ3n) is 2.69. The topological polar surface area (TPSA) is 92.7 Å². The van der Waals surface area contributed by atoms with Gasteiger partial charge in [0.1, 0.15) is 11.8 Å². The summed E-state index contributed by atoms with van der Waals surface area (Å²) >= 11 is 3.19. The molecule has 0 amide bonds. The van der Waals surface area contributed by atoms with Crippen LogP contribution < -0.4 is 9.46 Å². The van der Waals surface area contributed by atoms with E-state index in [-0.39, 0.29) is 17.2 Å². The summed E-state index contributed by atoms with van der Waals surface area (Å²) in [4.78, 5) is 11.1. The van der Waals surface area contributed by atoms with Crippen LogP contribution in [0.25, 0.3) is 0 Å². The van der Waals surface area contributed by atoms with Crippen molar-refractivity contribution < 1.29 is 23.1 Å². The van der Waals surface area contributed by atoms with E-state index in [1.807, 2.05) is 13.8 Å². The number of aliphatic carboxylic acids is 1. The molecular weight excluding hydrogens is 362 g/mol. The second-order valence-electron chi connectivity index (χ2n) is 4.97. The van der Waals surface area contributed by atoms with Gasteiger partial charge in [-0.15, -0.1) is 0 Å². The van der Waals surface area contributed by atoms with Crippen LogP contribution in [-0.2, 0) is 14.8 Å². The molecule has 0 saturated heterocycles. The Kier molecular flexibility index (Phi) is 6.18. The summed E-state index contributed by atoms with van der Waals surface area (Å²) in [7, 11) is -2.53. The molecule has 21 heavy (non-hydrogen) atoms. The van der Waals surface area contributed by atoms with Crippen LogP contribution in [-0.4, -0.2) is 32.6 Å². The molecule has 1 rings (SSSR count). The molecule has 1 unspecified atom stereocenters. The van der Waals surface area contributed by atoms with Crippen LogP contribution in [0, 0.1) is 5.92 Å². The fraction of sp³-hybridized carbons (Fsp3) is 0.462. The van der Waals surface area contributed by atoms with Gasteiger partial charge in [-0.3, -0.25) is 4.79 Å². The molecule has 0 aliphatic heterocycles. The zero-order valence-corrected chi connectivity index (χ0v) is 14.4. The number of nitrogens with one attached hydrogen (secondary N) is 1. The predicted molar refractivity (Wildman–Crippen MR) is 81.9 cm³/mol. The molecule has 1 aromatic rings. The van der Waals surface area contributed by atoms with Gasteiger partial charge in [-0.25, -0.2) is 8.42 Å². The largest absolute Gasteiger partial charge is 0.497 e. The van der Waals surface area contributed by atoms with Crippen molar-refractivity contribution in [3.8, 4) is 5.75 Å². The summed E-state index contributed by atoms with van der Waals surface area (Å²) in [6.45, 7) is 3.65. The summed E-state index contributed by atoms with van der Waals surface area (Å²) in [5.41, 5.74) is 0. The molecule has 0 radical (unpaired) electrons. The molecule has 0 heterocycles. The first kappa shape index (κ1) is 17.9. The van der Waals surface area contributed by atoms with Crippen molar-refractivity contribution in [3.63, 3.8) is 0 Å². The lowest BCUT2D eigenvalue weighted by Crippen LogP contribution is -2.41. The Morgan fingerprint density at radius 1 is 1.38 bits per heavy atom. The number of ether oxygens (including phenoxy) is 1. The molecule has 1 atom stereocenters. The van der Waals surface area contributed by atoms with E-state index in [1.54, 1.807) is 6.07 Å². The van der Waals surface area contributed by atoms with Crippen molar-refractivity contribution >= 4 is 31.9 Å². The van der Waals surface area contributed by atoms with Crippen molar-refractivity contribution in [2.45, 2.75) is 31.2 Å². The van der Waals surface area contributed by atoms with E-state index in [9.17, 15) is 13.2 Å². The van der Waals surface area contributed by atoms with Gasteiger partial charge in [0.05, 0.1) is 12.0 Å². The second-order valence-corrected chi connectivity index (χ2v) is 7.60. The van der Waals surface area contributed by atoms with Crippen LogP contribution in [0.4, 0.5) is 0 Å². The van der Waals surface area contributed by atoms with Gasteiger partial charge in [0.15, 0.2) is 0 Å². The molecular formula is C13H18BrNO5S. The first-order valence-corrected chi connectivity index (χ1v) is 8.53. The van der Waals surface area contributed by atoms with E-state index in [0.29, 0.717) is 10.2 Å². The number of hydrogen-bond acceptors (Lipinski definition) is 4. The molecule has 0 spiro atoms. The van der Waals surface area contributed by atoms with E-state index >= 15 is 0 Å². The lowest BCUT2D eigenvalue weighted by molar-refractivity contribution is -0.139. The molecule has 0 aliphatic rings. The highest BCUT2D eigenvalue weighted by atomic mass is 79.9. The van der Waals surface area contributed by atoms with Crippen molar-refractivity contribution in [3.05, 3.63) is 22.7 Å². The summed E-state index contributed by atoms with van der Waals surface area (Å²) < 4.78 is 32.3. The van der Waals surface area contributed by atoms with Gasteiger partial charge in [0.2, 0.25) is 10.0 Å². The van der Waals surface area contributed by atoms with E-state index in [0.717, 1.165) is 0 Å². The number of benzene rings is 1. The van der Waals surface area contributed by atoms with Crippen LogP contribution in [0.1, 0.15) is 20.3 Å². The van der Waals surface area contributed by atoms with Crippen molar-refractivity contribution in [1.82, 2.24) is 4.72 Å². The monoisotopic (exact) mass is 379 g/mol. The zero-order chi connectivity index (χ0) is 16.2. The van der Waals surface area contributed by atoms with Gasteiger partial charge in [-0.1, -0.05) is 29.8 Å². The number of rotatable bonds is 7. The summed E-state index contributed by atoms with van der Waals surface area (Å²) in [6, 6.07) is 3.17. The summed E-state index contributed by atoms with van der Waals surface area (Å²) in [5.74, 6) is -0.791. The van der Waals surface area contributed by atoms with Crippen molar-refractivity contribution in [1.29, 1.82) is 0 Å². The predicted octanol–water partition coefficient (Wildman–Crippen LogP) is 2.24. The number of sulfonamides is 1. The highest BCUT2D eigenvalue weighted by Crippen LogP contribution is 2.24. The standard InChI is InChI=1S/C13H18BrNO5S/c1-8(2)4-12(13(16)17)15-21(18,19)11-6-9(14)5-10(7-11)20-3/h5-8,12,15H,4H2,1-3H3,(H,16,17). The minimum Gasteiger partial charge on any atom is -0.497 e. The minimum atomic E-state index is -3.95. The first-order chi connectivity index (χ1) is 9.65. The number of carboxylic acids is 1. The lowest BCUT2D eigenvalue weighted by Gasteiger charge is -2.17. The van der Waals surface area contributed by atoms with Crippen LogP contribution in [0.15, 0.2) is 27.6 Å². The second kappa shape index (κ2) is 7.24. The van der Waals surface area contributed by atoms with Crippen molar-refractivity contribution in [2.24, 2.45) is 5.92 Å². The van der Waals surface area contributed by atoms with E-state index in [4.69, 9.17) is 9.84 Å². The molecule has 6 nitrogen and oxygen atoms in total. The highest BCUT2D eigenvalue weighted by Gasteiger charge is 2.26. The van der Waals surface area contributed by atoms with E-state index in [1.165, 1.54) is 19.2 Å². The smallest absolute Gasteiger partial charge is 0.321 e. The van der Waals surface area contributed by atoms with Gasteiger partial charge in [-0.05, 0) is 24.5 Å². The quantitative estimate of drug-likeness (QED) is 0.757. The number of carbonyl (C=O) groups is 1. The molecule has 2 N–H and O–H groups in total. The van der Waals surface area contributed by atoms with E-state index < -0.39 is 22.0 Å². The molecule has 8 heteroatoms. The molecule has 0 aliphatic carbocycles. The maximum atomic E-state index is 12.3. The molecule has 0 saturated carbocycles. The highest BCUT2D eigenvalue weighted by molar-refractivity contribution is 9.10. The Hall–Kier alpha value is -1.12. The Morgan fingerprint density at radius 2 is 2.00 bits per heavy atom. The van der Waals surface area contributed by atoms with Gasteiger partial charge >= 0.3 is 5.97 Å². The van der Waals surface area contributed by atoms with Gasteiger partial charge < -0.3 is 9.84 Å². The van der Waals surface area contributed by atoms with Crippen LogP contribution in [0.2, 0.25) is 0 Å². The van der Waals surface area contributed by atoms with E-state index in [2.05, 4.69) is 20.7 Å². The molecule has 0 aromatic heterocycles. The van der Waals surface area contributed by atoms with Crippen LogP contribution in [0.5, 0.6) is 5.75 Å². The van der Waals surface area contributed by atoms with Crippen LogP contribution in [0.3, 0.4) is 0 Å². The SMILES string of the molecule is COc1cc(Br)cc(S(=O)(=O)NC(CC(C)C)C(=O)O)c1. The average Bonchev–Trinajstić information content (AvgIpc) is 2.36. The summed E-state index contributed by atoms with van der Waals surface area (Å²) in [6.07, 6.45) is 0.208. The molecule has 118 valence electrons. The molecule has 0 fully saturated rings. The number of hydrogen-bond donors (Lipinski definition) is 2.